The van der Waals surface area contributed by atoms with Crippen LogP contribution in [0, 0.1) is 5.92 Å². The first-order valence-electron chi connectivity index (χ1n) is 11.1. The lowest BCUT2D eigenvalue weighted by Gasteiger charge is -2.22. The van der Waals surface area contributed by atoms with Gasteiger partial charge in [0.25, 0.3) is 0 Å². The second-order valence-electron chi connectivity index (χ2n) is 8.51. The molecule has 2 N–H and O–H groups in total. The molecule has 1 aromatic rings. The molecular formula is C23H36IN5O2. The van der Waals surface area contributed by atoms with E-state index in [1.165, 1.54) is 18.4 Å². The molecular weight excluding hydrogens is 505 g/mol. The summed E-state index contributed by atoms with van der Waals surface area (Å²) < 4.78 is 0. The van der Waals surface area contributed by atoms with Crippen molar-refractivity contribution in [2.45, 2.75) is 44.6 Å². The van der Waals surface area contributed by atoms with Gasteiger partial charge in [0, 0.05) is 45.7 Å². The van der Waals surface area contributed by atoms with Crippen molar-refractivity contribution in [3.05, 3.63) is 35.9 Å². The highest BCUT2D eigenvalue weighted by atomic mass is 127. The largest absolute Gasteiger partial charge is 0.356 e. The average molecular weight is 541 g/mol. The molecule has 3 rings (SSSR count). The van der Waals surface area contributed by atoms with Gasteiger partial charge < -0.3 is 20.4 Å². The average Bonchev–Trinajstić information content (AvgIpc) is 3.44. The maximum Gasteiger partial charge on any atom is 0.243 e. The molecule has 2 amide bonds. The number of nitrogens with zero attached hydrogens (tertiary/aromatic N) is 3. The van der Waals surface area contributed by atoms with Gasteiger partial charge in [-0.1, -0.05) is 43.2 Å². The zero-order chi connectivity index (χ0) is 21.3. The number of nitrogens with one attached hydrogen (secondary N) is 2. The number of likely N-dealkylation sites (tertiary alicyclic amines) is 1. The van der Waals surface area contributed by atoms with Gasteiger partial charge in [-0.05, 0) is 31.2 Å². The van der Waals surface area contributed by atoms with Gasteiger partial charge in [0.1, 0.15) is 6.54 Å². The molecule has 1 unspecified atom stereocenters. The third kappa shape index (κ3) is 7.97. The van der Waals surface area contributed by atoms with Gasteiger partial charge in [0.2, 0.25) is 11.8 Å². The number of hydrogen-bond acceptors (Lipinski definition) is 3. The van der Waals surface area contributed by atoms with Gasteiger partial charge in [-0.15, -0.1) is 24.0 Å². The number of aliphatic imine (C=N–C) groups is 1. The molecule has 1 heterocycles. The molecule has 1 atom stereocenters. The van der Waals surface area contributed by atoms with E-state index in [1.807, 2.05) is 23.1 Å². The van der Waals surface area contributed by atoms with Crippen molar-refractivity contribution >= 4 is 41.8 Å². The van der Waals surface area contributed by atoms with E-state index in [1.54, 1.807) is 19.0 Å². The summed E-state index contributed by atoms with van der Waals surface area (Å²) >= 11 is 0. The summed E-state index contributed by atoms with van der Waals surface area (Å²) in [6, 6.07) is 10.4. The van der Waals surface area contributed by atoms with Crippen LogP contribution in [0.15, 0.2) is 35.3 Å². The Kier molecular flexibility index (Phi) is 10.6. The lowest BCUT2D eigenvalue weighted by molar-refractivity contribution is -0.134. The van der Waals surface area contributed by atoms with Crippen molar-refractivity contribution in [1.29, 1.82) is 0 Å². The number of carbonyl (C=O) groups excluding carboxylic acids is 2. The van der Waals surface area contributed by atoms with Crippen LogP contribution < -0.4 is 10.6 Å². The van der Waals surface area contributed by atoms with Crippen LogP contribution in [0.5, 0.6) is 0 Å². The molecule has 172 valence electrons. The van der Waals surface area contributed by atoms with Gasteiger partial charge >= 0.3 is 0 Å². The van der Waals surface area contributed by atoms with E-state index in [9.17, 15) is 9.59 Å². The summed E-state index contributed by atoms with van der Waals surface area (Å²) in [5, 5.41) is 6.80. The Labute approximate surface area is 203 Å². The predicted octanol–water partition coefficient (Wildman–Crippen LogP) is 2.26. The zero-order valence-electron chi connectivity index (χ0n) is 18.7. The molecule has 7 nitrogen and oxygen atoms in total. The normalized spacial score (nSPS) is 19.1. The summed E-state index contributed by atoms with van der Waals surface area (Å²) in [7, 11) is 3.47. The number of likely N-dealkylation sites (N-methyl/N-ethyl adjacent to an activating group) is 1. The second-order valence-corrected chi connectivity index (χ2v) is 8.51. The molecule has 1 aliphatic carbocycles. The van der Waals surface area contributed by atoms with Crippen LogP contribution in [0.25, 0.3) is 0 Å². The van der Waals surface area contributed by atoms with Gasteiger partial charge in [0.15, 0.2) is 5.96 Å². The van der Waals surface area contributed by atoms with E-state index in [-0.39, 0.29) is 48.4 Å². The molecule has 8 heteroatoms. The molecule has 1 aliphatic heterocycles. The summed E-state index contributed by atoms with van der Waals surface area (Å²) in [6.07, 6.45) is 6.20. The van der Waals surface area contributed by atoms with Crippen molar-refractivity contribution in [2.75, 3.05) is 40.3 Å². The van der Waals surface area contributed by atoms with Gasteiger partial charge in [-0.2, -0.15) is 0 Å². The Balaban J connectivity index is 0.00000341. The topological polar surface area (TPSA) is 77.0 Å². The van der Waals surface area contributed by atoms with Crippen molar-refractivity contribution < 1.29 is 9.59 Å². The first-order valence-corrected chi connectivity index (χ1v) is 11.1. The molecule has 0 radical (unpaired) electrons. The quantitative estimate of drug-likeness (QED) is 0.316. The van der Waals surface area contributed by atoms with Gasteiger partial charge in [-0.3, -0.25) is 9.59 Å². The third-order valence-corrected chi connectivity index (χ3v) is 5.97. The second kappa shape index (κ2) is 12.9. The van der Waals surface area contributed by atoms with E-state index in [4.69, 9.17) is 0 Å². The minimum atomic E-state index is -0.0383. The molecule has 1 aromatic carbocycles. The van der Waals surface area contributed by atoms with E-state index in [0.717, 1.165) is 38.8 Å². The number of carbonyl (C=O) groups is 2. The van der Waals surface area contributed by atoms with Crippen molar-refractivity contribution in [3.8, 4) is 0 Å². The lowest BCUT2D eigenvalue weighted by atomic mass is 10.1. The molecule has 0 bridgehead atoms. The summed E-state index contributed by atoms with van der Waals surface area (Å²) in [6.45, 7) is 2.33. The number of amides is 2. The van der Waals surface area contributed by atoms with Crippen LogP contribution in [0.1, 0.15) is 37.7 Å². The summed E-state index contributed by atoms with van der Waals surface area (Å²) in [4.78, 5) is 32.7. The fraction of sp³-hybridized carbons (Fsp3) is 0.609. The molecule has 2 fully saturated rings. The fourth-order valence-electron chi connectivity index (χ4n) is 4.11. The molecule has 0 spiro atoms. The van der Waals surface area contributed by atoms with Crippen LogP contribution >= 0.6 is 24.0 Å². The number of benzene rings is 1. The number of rotatable bonds is 7. The van der Waals surface area contributed by atoms with Crippen molar-refractivity contribution in [2.24, 2.45) is 10.9 Å². The number of hydrogen-bond donors (Lipinski definition) is 2. The Morgan fingerprint density at radius 1 is 1.13 bits per heavy atom. The smallest absolute Gasteiger partial charge is 0.243 e. The highest BCUT2D eigenvalue weighted by Gasteiger charge is 2.32. The van der Waals surface area contributed by atoms with Crippen LogP contribution in [0.2, 0.25) is 0 Å². The SMILES string of the molecule is CN(C)C(=O)CN=C(NCCc1ccccc1)NC1CCN(C(=O)C2CCCC2)C1.I. The number of halogens is 1. The van der Waals surface area contributed by atoms with Crippen LogP contribution in [-0.2, 0) is 16.0 Å². The minimum Gasteiger partial charge on any atom is -0.356 e. The van der Waals surface area contributed by atoms with Crippen molar-refractivity contribution in [1.82, 2.24) is 20.4 Å². The maximum absolute atomic E-state index is 12.7. The monoisotopic (exact) mass is 541 g/mol. The van der Waals surface area contributed by atoms with Crippen molar-refractivity contribution in [3.63, 3.8) is 0 Å². The molecule has 31 heavy (non-hydrogen) atoms. The standard InChI is InChI=1S/C23H35N5O2.HI/c1-27(2)21(29)16-25-23(24-14-12-18-8-4-3-5-9-18)26-20-13-15-28(17-20)22(30)19-10-6-7-11-19;/h3-5,8-9,19-20H,6-7,10-17H2,1-2H3,(H2,24,25,26);1H. The lowest BCUT2D eigenvalue weighted by Crippen LogP contribution is -2.46. The first-order chi connectivity index (χ1) is 14.5. The van der Waals surface area contributed by atoms with Crippen LogP contribution in [0.4, 0.5) is 0 Å². The molecule has 1 saturated heterocycles. The zero-order valence-corrected chi connectivity index (χ0v) is 21.0. The third-order valence-electron chi connectivity index (χ3n) is 5.97. The molecule has 2 aliphatic rings. The Hall–Kier alpha value is -1.84. The Bertz CT molecular complexity index is 735. The van der Waals surface area contributed by atoms with Gasteiger partial charge in [-0.25, -0.2) is 4.99 Å². The van der Waals surface area contributed by atoms with Crippen LogP contribution in [-0.4, -0.2) is 73.9 Å². The molecule has 1 saturated carbocycles. The highest BCUT2D eigenvalue weighted by Crippen LogP contribution is 2.27. The summed E-state index contributed by atoms with van der Waals surface area (Å²) in [5.41, 5.74) is 1.25. The fourth-order valence-corrected chi connectivity index (χ4v) is 4.11. The highest BCUT2D eigenvalue weighted by molar-refractivity contribution is 14.0. The van der Waals surface area contributed by atoms with Gasteiger partial charge in [0.05, 0.1) is 0 Å². The Morgan fingerprint density at radius 3 is 2.52 bits per heavy atom. The molecule has 0 aromatic heterocycles. The first kappa shape index (κ1) is 25.4. The summed E-state index contributed by atoms with van der Waals surface area (Å²) in [5.74, 6) is 1.14. The Morgan fingerprint density at radius 2 is 1.84 bits per heavy atom. The predicted molar refractivity (Wildman–Crippen MR) is 135 cm³/mol. The maximum atomic E-state index is 12.7. The van der Waals surface area contributed by atoms with Crippen LogP contribution in [0.3, 0.4) is 0 Å². The van der Waals surface area contributed by atoms with E-state index in [2.05, 4.69) is 27.8 Å². The number of guanidine groups is 1. The van der Waals surface area contributed by atoms with E-state index in [0.29, 0.717) is 18.4 Å². The minimum absolute atomic E-state index is 0. The van der Waals surface area contributed by atoms with E-state index >= 15 is 0 Å². The van der Waals surface area contributed by atoms with E-state index < -0.39 is 0 Å².